The van der Waals surface area contributed by atoms with Gasteiger partial charge in [0.05, 0.1) is 12.3 Å². The fourth-order valence-electron chi connectivity index (χ4n) is 1.90. The molecule has 0 radical (unpaired) electrons. The van der Waals surface area contributed by atoms with Gasteiger partial charge in [-0.2, -0.15) is 4.52 Å². The van der Waals surface area contributed by atoms with Gasteiger partial charge in [-0.3, -0.25) is 4.79 Å². The third-order valence-corrected chi connectivity index (χ3v) is 3.76. The quantitative estimate of drug-likeness (QED) is 0.729. The molecule has 0 aliphatic heterocycles. The van der Waals surface area contributed by atoms with Gasteiger partial charge in [-0.15, -0.1) is 5.10 Å². The molecular formula is C14H14N4O2S. The van der Waals surface area contributed by atoms with Crippen LogP contribution in [0.3, 0.4) is 0 Å². The Hall–Kier alpha value is -2.25. The zero-order chi connectivity index (χ0) is 14.7. The molecule has 0 aliphatic carbocycles. The minimum atomic E-state index is -0.185. The summed E-state index contributed by atoms with van der Waals surface area (Å²) in [5.41, 5.74) is 1.39. The number of rotatable bonds is 5. The molecule has 0 spiro atoms. The van der Waals surface area contributed by atoms with Crippen LogP contribution in [0.15, 0.2) is 41.2 Å². The summed E-state index contributed by atoms with van der Waals surface area (Å²) in [5.74, 6) is 0. The topological polar surface area (TPSA) is 68.5 Å². The van der Waals surface area contributed by atoms with Crippen molar-refractivity contribution >= 4 is 21.4 Å². The lowest BCUT2D eigenvalue weighted by Gasteiger charge is -1.99. The van der Waals surface area contributed by atoms with Gasteiger partial charge in [-0.25, -0.2) is 4.98 Å². The number of methoxy groups -OCH3 is 1. The average molecular weight is 302 g/mol. The molecule has 0 fully saturated rings. The molecule has 1 aromatic carbocycles. The van der Waals surface area contributed by atoms with Gasteiger partial charge in [0.15, 0.2) is 0 Å². The van der Waals surface area contributed by atoms with Crippen molar-refractivity contribution in [1.82, 2.24) is 14.6 Å². The Morgan fingerprint density at radius 1 is 1.33 bits per heavy atom. The van der Waals surface area contributed by atoms with Gasteiger partial charge >= 0.3 is 0 Å². The highest BCUT2D eigenvalue weighted by atomic mass is 32.1. The zero-order valence-electron chi connectivity index (χ0n) is 11.4. The van der Waals surface area contributed by atoms with Crippen LogP contribution in [0.4, 0.5) is 5.13 Å². The number of aromatic nitrogens is 3. The molecule has 21 heavy (non-hydrogen) atoms. The van der Waals surface area contributed by atoms with E-state index in [0.717, 1.165) is 5.56 Å². The number of nitrogens with one attached hydrogen (secondary N) is 1. The summed E-state index contributed by atoms with van der Waals surface area (Å²) in [6.45, 7) is 1.21. The van der Waals surface area contributed by atoms with Gasteiger partial charge in [0.1, 0.15) is 0 Å². The Morgan fingerprint density at radius 2 is 2.14 bits per heavy atom. The van der Waals surface area contributed by atoms with Gasteiger partial charge < -0.3 is 10.1 Å². The summed E-state index contributed by atoms with van der Waals surface area (Å²) in [7, 11) is 1.64. The normalized spacial score (nSPS) is 10.9. The zero-order valence-corrected chi connectivity index (χ0v) is 12.3. The minimum absolute atomic E-state index is 0.185. The molecule has 6 nitrogen and oxygen atoms in total. The summed E-state index contributed by atoms with van der Waals surface area (Å²) in [6.07, 6.45) is 0. The monoisotopic (exact) mass is 302 g/mol. The van der Waals surface area contributed by atoms with Crippen LogP contribution in [0.1, 0.15) is 0 Å². The largest absolute Gasteiger partial charge is 0.383 e. The molecule has 1 N–H and O–H groups in total. The van der Waals surface area contributed by atoms with Crippen molar-refractivity contribution in [2.24, 2.45) is 0 Å². The first-order valence-electron chi connectivity index (χ1n) is 6.47. The molecule has 3 aromatic rings. The predicted molar refractivity (Wildman–Crippen MR) is 82.9 cm³/mol. The third-order valence-electron chi connectivity index (χ3n) is 2.90. The molecule has 0 amide bonds. The number of ether oxygens (including phenoxy) is 1. The van der Waals surface area contributed by atoms with Crippen molar-refractivity contribution in [1.29, 1.82) is 0 Å². The molecule has 7 heteroatoms. The lowest BCUT2D eigenvalue weighted by molar-refractivity contribution is 0.210. The molecular weight excluding hydrogens is 288 g/mol. The Bertz CT molecular complexity index is 798. The first-order chi connectivity index (χ1) is 10.3. The first kappa shape index (κ1) is 13.7. The standard InChI is InChI=1S/C14H14N4O2S/c1-20-8-7-15-13-17-18-12(19)9-11(16-14(18)21-13)10-5-3-2-4-6-10/h2-6,9H,7-8H2,1H3,(H,15,17). The lowest BCUT2D eigenvalue weighted by Crippen LogP contribution is -2.15. The Balaban J connectivity index is 1.98. The molecule has 0 aliphatic rings. The van der Waals surface area contributed by atoms with Crippen molar-refractivity contribution in [2.45, 2.75) is 0 Å². The smallest absolute Gasteiger partial charge is 0.275 e. The van der Waals surface area contributed by atoms with E-state index in [0.29, 0.717) is 28.9 Å². The van der Waals surface area contributed by atoms with Gasteiger partial charge in [0.2, 0.25) is 10.1 Å². The van der Waals surface area contributed by atoms with Crippen molar-refractivity contribution < 1.29 is 4.74 Å². The number of anilines is 1. The SMILES string of the molecule is COCCNc1nn2c(=O)cc(-c3ccccc3)nc2s1. The summed E-state index contributed by atoms with van der Waals surface area (Å²) in [5, 5.41) is 7.97. The molecule has 0 saturated carbocycles. The average Bonchev–Trinajstić information content (AvgIpc) is 2.92. The molecule has 0 bridgehead atoms. The second-order valence-corrected chi connectivity index (χ2v) is 5.32. The predicted octanol–water partition coefficient (Wildman–Crippen LogP) is 1.88. The summed E-state index contributed by atoms with van der Waals surface area (Å²) in [6, 6.07) is 11.1. The molecule has 0 saturated heterocycles. The van der Waals surface area contributed by atoms with Gasteiger partial charge in [-0.1, -0.05) is 41.7 Å². The van der Waals surface area contributed by atoms with Gasteiger partial charge in [0, 0.05) is 25.3 Å². The fourth-order valence-corrected chi connectivity index (χ4v) is 2.73. The highest BCUT2D eigenvalue weighted by molar-refractivity contribution is 7.20. The van der Waals surface area contributed by atoms with Crippen LogP contribution in [0.2, 0.25) is 0 Å². The van der Waals surface area contributed by atoms with Crippen LogP contribution in [-0.4, -0.2) is 34.9 Å². The number of fused-ring (bicyclic) bond motifs is 1. The van der Waals surface area contributed by atoms with Crippen LogP contribution in [0, 0.1) is 0 Å². The summed E-state index contributed by atoms with van der Waals surface area (Å²) < 4.78 is 6.28. The lowest BCUT2D eigenvalue weighted by atomic mass is 10.1. The summed E-state index contributed by atoms with van der Waals surface area (Å²) in [4.78, 5) is 17.2. The Kier molecular flexibility index (Phi) is 3.94. The number of nitrogens with zero attached hydrogens (tertiary/aromatic N) is 3. The van der Waals surface area contributed by atoms with E-state index < -0.39 is 0 Å². The molecule has 2 aromatic heterocycles. The van der Waals surface area contributed by atoms with Crippen molar-refractivity contribution in [3.63, 3.8) is 0 Å². The van der Waals surface area contributed by atoms with Gasteiger partial charge in [-0.05, 0) is 0 Å². The van der Waals surface area contributed by atoms with E-state index in [2.05, 4.69) is 15.4 Å². The van der Waals surface area contributed by atoms with E-state index in [1.54, 1.807) is 7.11 Å². The van der Waals surface area contributed by atoms with Crippen molar-refractivity contribution in [2.75, 3.05) is 25.6 Å². The maximum Gasteiger partial charge on any atom is 0.275 e. The molecule has 2 heterocycles. The van der Waals surface area contributed by atoms with Crippen molar-refractivity contribution in [3.05, 3.63) is 46.8 Å². The highest BCUT2D eigenvalue weighted by Crippen LogP contribution is 2.20. The van der Waals surface area contributed by atoms with Crippen LogP contribution in [0.5, 0.6) is 0 Å². The van der Waals surface area contributed by atoms with Gasteiger partial charge in [0.25, 0.3) is 5.56 Å². The Morgan fingerprint density at radius 3 is 2.90 bits per heavy atom. The number of hydrogen-bond donors (Lipinski definition) is 1. The van der Waals surface area contributed by atoms with E-state index in [1.807, 2.05) is 30.3 Å². The van der Waals surface area contributed by atoms with Crippen LogP contribution in [0.25, 0.3) is 16.2 Å². The second-order valence-electron chi connectivity index (χ2n) is 4.37. The minimum Gasteiger partial charge on any atom is -0.383 e. The number of hydrogen-bond acceptors (Lipinski definition) is 6. The highest BCUT2D eigenvalue weighted by Gasteiger charge is 2.09. The molecule has 3 rings (SSSR count). The molecule has 0 unspecified atom stereocenters. The number of benzene rings is 1. The fraction of sp³-hybridized carbons (Fsp3) is 0.214. The van der Waals surface area contributed by atoms with Crippen LogP contribution >= 0.6 is 11.3 Å². The van der Waals surface area contributed by atoms with Crippen LogP contribution < -0.4 is 10.9 Å². The maximum absolute atomic E-state index is 12.1. The molecule has 108 valence electrons. The van der Waals surface area contributed by atoms with E-state index in [1.165, 1.54) is 21.9 Å². The second kappa shape index (κ2) is 6.02. The third kappa shape index (κ3) is 2.93. The van der Waals surface area contributed by atoms with E-state index >= 15 is 0 Å². The summed E-state index contributed by atoms with van der Waals surface area (Å²) >= 11 is 1.34. The maximum atomic E-state index is 12.1. The molecule has 0 atom stereocenters. The first-order valence-corrected chi connectivity index (χ1v) is 7.29. The van der Waals surface area contributed by atoms with Crippen molar-refractivity contribution in [3.8, 4) is 11.3 Å². The Labute approximate surface area is 125 Å². The van der Waals surface area contributed by atoms with E-state index in [-0.39, 0.29) is 5.56 Å². The van der Waals surface area contributed by atoms with Crippen LogP contribution in [-0.2, 0) is 4.74 Å². The van der Waals surface area contributed by atoms with E-state index in [4.69, 9.17) is 4.74 Å². The van der Waals surface area contributed by atoms with E-state index in [9.17, 15) is 4.79 Å².